The van der Waals surface area contributed by atoms with Crippen LogP contribution in [-0.4, -0.2) is 36.3 Å². The van der Waals surface area contributed by atoms with Gasteiger partial charge < -0.3 is 9.88 Å². The summed E-state index contributed by atoms with van der Waals surface area (Å²) >= 11 is 0. The molecule has 3 rings (SSSR count). The third-order valence-electron chi connectivity index (χ3n) is 4.74. The lowest BCUT2D eigenvalue weighted by molar-refractivity contribution is 0.101. The molecule has 26 heavy (non-hydrogen) atoms. The number of anilines is 1. The van der Waals surface area contributed by atoms with Crippen LogP contribution in [0.25, 0.3) is 0 Å². The molecular formula is C18H22FN3O3S. The molecule has 1 aliphatic rings. The Morgan fingerprint density at radius 3 is 2.50 bits per heavy atom. The van der Waals surface area contributed by atoms with E-state index in [2.05, 4.69) is 5.32 Å². The molecule has 0 saturated carbocycles. The van der Waals surface area contributed by atoms with E-state index in [-0.39, 0.29) is 10.6 Å². The first kappa shape index (κ1) is 18.6. The van der Waals surface area contributed by atoms with E-state index in [1.54, 1.807) is 24.6 Å². The van der Waals surface area contributed by atoms with Crippen LogP contribution in [0.3, 0.4) is 0 Å². The number of carbonyl (C=O) groups excluding carboxylic acids is 1. The first-order chi connectivity index (χ1) is 12.3. The first-order valence-corrected chi connectivity index (χ1v) is 9.98. The predicted molar refractivity (Wildman–Crippen MR) is 97.1 cm³/mol. The summed E-state index contributed by atoms with van der Waals surface area (Å²) in [6.45, 7) is 2.68. The summed E-state index contributed by atoms with van der Waals surface area (Å²) in [6, 6.07) is 6.95. The number of benzene rings is 1. The van der Waals surface area contributed by atoms with Gasteiger partial charge in [-0.1, -0.05) is 12.5 Å². The van der Waals surface area contributed by atoms with Gasteiger partial charge in [-0.3, -0.25) is 4.79 Å². The van der Waals surface area contributed by atoms with Crippen LogP contribution in [0.2, 0.25) is 0 Å². The Morgan fingerprint density at radius 2 is 1.85 bits per heavy atom. The second-order valence-corrected chi connectivity index (χ2v) is 8.37. The van der Waals surface area contributed by atoms with E-state index in [1.807, 2.05) is 0 Å². The average Bonchev–Trinajstić information content (AvgIpc) is 2.92. The number of nitrogens with zero attached hydrogens (tertiary/aromatic N) is 2. The highest BCUT2D eigenvalue weighted by Crippen LogP contribution is 2.26. The Bertz CT molecular complexity index is 931. The lowest BCUT2D eigenvalue weighted by Gasteiger charge is -2.25. The largest absolute Gasteiger partial charge is 0.343 e. The summed E-state index contributed by atoms with van der Waals surface area (Å²) in [5, 5.41) is 2.60. The highest BCUT2D eigenvalue weighted by molar-refractivity contribution is 7.89. The average molecular weight is 379 g/mol. The summed E-state index contributed by atoms with van der Waals surface area (Å²) in [7, 11) is -1.99. The number of hydrogen-bond acceptors (Lipinski definition) is 3. The summed E-state index contributed by atoms with van der Waals surface area (Å²) in [4.78, 5) is 12.7. The predicted octanol–water partition coefficient (Wildman–Crippen LogP) is 2.90. The molecule has 140 valence electrons. The van der Waals surface area contributed by atoms with E-state index >= 15 is 0 Å². The Kier molecular flexibility index (Phi) is 5.15. The number of nitrogens with one attached hydrogen (secondary N) is 1. The van der Waals surface area contributed by atoms with Gasteiger partial charge in [0.15, 0.2) is 0 Å². The molecule has 1 amide bonds. The SMILES string of the molecule is Cc1c(S(=O)(=O)N2CCCCC2)cc(C(=O)Nc2cccc(F)c2)n1C. The van der Waals surface area contributed by atoms with E-state index in [0.29, 0.717) is 24.5 Å². The molecule has 6 nitrogen and oxygen atoms in total. The maximum atomic E-state index is 13.3. The molecule has 2 aromatic rings. The lowest BCUT2D eigenvalue weighted by Crippen LogP contribution is -2.35. The minimum atomic E-state index is -3.63. The van der Waals surface area contributed by atoms with Gasteiger partial charge in [-0.15, -0.1) is 0 Å². The highest BCUT2D eigenvalue weighted by Gasteiger charge is 2.30. The zero-order chi connectivity index (χ0) is 18.9. The van der Waals surface area contributed by atoms with Crippen LogP contribution in [0, 0.1) is 12.7 Å². The molecule has 0 bridgehead atoms. The van der Waals surface area contributed by atoms with Gasteiger partial charge in [-0.05, 0) is 44.0 Å². The van der Waals surface area contributed by atoms with E-state index in [0.717, 1.165) is 19.3 Å². The van der Waals surface area contributed by atoms with Gasteiger partial charge >= 0.3 is 0 Å². The molecule has 0 aliphatic carbocycles. The van der Waals surface area contributed by atoms with Crippen molar-refractivity contribution in [3.05, 3.63) is 47.5 Å². The van der Waals surface area contributed by atoms with Gasteiger partial charge in [-0.25, -0.2) is 12.8 Å². The van der Waals surface area contributed by atoms with Crippen LogP contribution in [0.1, 0.15) is 35.4 Å². The number of aromatic nitrogens is 1. The number of carbonyl (C=O) groups is 1. The minimum absolute atomic E-state index is 0.145. The van der Waals surface area contributed by atoms with Crippen molar-refractivity contribution < 1.29 is 17.6 Å². The Labute approximate surface area is 152 Å². The number of hydrogen-bond donors (Lipinski definition) is 1. The second kappa shape index (κ2) is 7.20. The van der Waals surface area contributed by atoms with Crippen LogP contribution >= 0.6 is 0 Å². The minimum Gasteiger partial charge on any atom is -0.343 e. The number of sulfonamides is 1. The zero-order valence-electron chi connectivity index (χ0n) is 14.8. The Hall–Kier alpha value is -2.19. The van der Waals surface area contributed by atoms with E-state index in [4.69, 9.17) is 0 Å². The normalized spacial score (nSPS) is 15.8. The van der Waals surface area contributed by atoms with Gasteiger partial charge in [0, 0.05) is 31.5 Å². The molecule has 0 unspecified atom stereocenters. The summed E-state index contributed by atoms with van der Waals surface area (Å²) in [5.41, 5.74) is 1.02. The molecule has 1 aliphatic heterocycles. The van der Waals surface area contributed by atoms with Crippen molar-refractivity contribution in [2.45, 2.75) is 31.1 Å². The van der Waals surface area contributed by atoms with Crippen LogP contribution in [0.4, 0.5) is 10.1 Å². The zero-order valence-corrected chi connectivity index (χ0v) is 15.6. The summed E-state index contributed by atoms with van der Waals surface area (Å²) in [5.74, 6) is -0.944. The molecule has 2 heterocycles. The fourth-order valence-corrected chi connectivity index (χ4v) is 4.94. The van der Waals surface area contributed by atoms with Crippen LogP contribution < -0.4 is 5.32 Å². The van der Waals surface area contributed by atoms with Crippen LogP contribution in [-0.2, 0) is 17.1 Å². The summed E-state index contributed by atoms with van der Waals surface area (Å²) in [6.07, 6.45) is 2.72. The number of amides is 1. The van der Waals surface area contributed by atoms with Gasteiger partial charge in [-0.2, -0.15) is 4.31 Å². The maximum absolute atomic E-state index is 13.3. The molecule has 1 saturated heterocycles. The molecule has 1 N–H and O–H groups in total. The second-order valence-electron chi connectivity index (χ2n) is 6.47. The van der Waals surface area contributed by atoms with Gasteiger partial charge in [0.2, 0.25) is 10.0 Å². The van der Waals surface area contributed by atoms with Gasteiger partial charge in [0.1, 0.15) is 16.4 Å². The van der Waals surface area contributed by atoms with Crippen molar-refractivity contribution in [3.8, 4) is 0 Å². The quantitative estimate of drug-likeness (QED) is 0.888. The maximum Gasteiger partial charge on any atom is 0.272 e. The van der Waals surface area contributed by atoms with E-state index in [1.165, 1.54) is 28.6 Å². The molecular weight excluding hydrogens is 357 g/mol. The van der Waals surface area contributed by atoms with Crippen molar-refractivity contribution in [2.75, 3.05) is 18.4 Å². The molecule has 1 fully saturated rings. The number of rotatable bonds is 4. The fraction of sp³-hybridized carbons (Fsp3) is 0.389. The third kappa shape index (κ3) is 3.52. The van der Waals surface area contributed by atoms with Crippen LogP contribution in [0.15, 0.2) is 35.2 Å². The van der Waals surface area contributed by atoms with Crippen molar-refractivity contribution in [1.82, 2.24) is 8.87 Å². The van der Waals surface area contributed by atoms with E-state index in [9.17, 15) is 17.6 Å². The molecule has 0 atom stereocenters. The monoisotopic (exact) mass is 379 g/mol. The van der Waals surface area contributed by atoms with Crippen molar-refractivity contribution >= 4 is 21.6 Å². The highest BCUT2D eigenvalue weighted by atomic mass is 32.2. The van der Waals surface area contributed by atoms with Gasteiger partial charge in [0.05, 0.1) is 0 Å². The van der Waals surface area contributed by atoms with Crippen LogP contribution in [0.5, 0.6) is 0 Å². The molecule has 1 aromatic heterocycles. The molecule has 0 spiro atoms. The smallest absolute Gasteiger partial charge is 0.272 e. The third-order valence-corrected chi connectivity index (χ3v) is 6.75. The fourth-order valence-electron chi connectivity index (χ4n) is 3.16. The van der Waals surface area contributed by atoms with Crippen molar-refractivity contribution in [2.24, 2.45) is 7.05 Å². The molecule has 1 aromatic carbocycles. The molecule has 0 radical (unpaired) electrons. The Morgan fingerprint density at radius 1 is 1.15 bits per heavy atom. The molecule has 8 heteroatoms. The Balaban J connectivity index is 1.90. The lowest BCUT2D eigenvalue weighted by atomic mass is 10.2. The van der Waals surface area contributed by atoms with Crippen molar-refractivity contribution in [1.29, 1.82) is 0 Å². The number of halogens is 1. The van der Waals surface area contributed by atoms with Crippen molar-refractivity contribution in [3.63, 3.8) is 0 Å². The first-order valence-electron chi connectivity index (χ1n) is 8.54. The number of piperidine rings is 1. The standard InChI is InChI=1S/C18H22FN3O3S/c1-13-17(26(24,25)22-9-4-3-5-10-22)12-16(21(13)2)18(23)20-15-8-6-7-14(19)11-15/h6-8,11-12H,3-5,9-10H2,1-2H3,(H,20,23). The van der Waals surface area contributed by atoms with E-state index < -0.39 is 21.7 Å². The topological polar surface area (TPSA) is 71.4 Å². The van der Waals surface area contributed by atoms with Gasteiger partial charge in [0.25, 0.3) is 5.91 Å². The summed E-state index contributed by atoms with van der Waals surface area (Å²) < 4.78 is 42.2.